The van der Waals surface area contributed by atoms with Gasteiger partial charge in [-0.15, -0.1) is 0 Å². The molecule has 1 aliphatic rings. The number of alkyl halides is 1. The molecule has 3 aromatic heterocycles. The maximum atomic E-state index is 13.6. The van der Waals surface area contributed by atoms with Crippen LogP contribution in [-0.2, 0) is 19.4 Å². The van der Waals surface area contributed by atoms with E-state index in [4.69, 9.17) is 85.4 Å². The van der Waals surface area contributed by atoms with Gasteiger partial charge in [0.05, 0.1) is 55.1 Å². The van der Waals surface area contributed by atoms with Gasteiger partial charge in [0.1, 0.15) is 47.2 Å². The number of amidine groups is 3. The molecule has 414 valence electrons. The number of hydroxylamine groups is 1. The number of oxime groups is 2. The molecule has 0 aliphatic carbocycles. The SMILES string of the molecule is C.COc1nc(/C(N)=N/O)ccc1Br.COc1nc(/C(N)=N/OCC(=O)c2ccc(Cl)c(F)c2)ccc1Br.COc1nc(C2=NC(c3ccc(Cl)c(F)c3)CON2)ccc1Br.O=C(CBr)c1ccc(Cl)c(F)c1.O=CO[O-].[H-].[K+].[K+]. The first-order valence-corrected chi connectivity index (χ1v) is 25.1. The number of methoxy groups -OCH3 is 3. The van der Waals surface area contributed by atoms with Gasteiger partial charge in [-0.25, -0.2) is 33.6 Å². The van der Waals surface area contributed by atoms with Gasteiger partial charge in [-0.3, -0.25) is 24.2 Å². The fraction of sp³-hybridized carbons (Fsp3) is 0.170. The zero-order chi connectivity index (χ0) is 56.5. The molecule has 4 heterocycles. The number of halogens is 10. The summed E-state index contributed by atoms with van der Waals surface area (Å²) in [4.78, 5) is 61.4. The number of hydrogen-bond acceptors (Lipinski definition) is 18. The van der Waals surface area contributed by atoms with Gasteiger partial charge in [0, 0.05) is 11.1 Å². The Labute approximate surface area is 585 Å². The molecule has 0 bridgehead atoms. The van der Waals surface area contributed by atoms with Crippen LogP contribution in [-0.4, -0.2) is 95.6 Å². The van der Waals surface area contributed by atoms with Crippen molar-refractivity contribution in [2.24, 2.45) is 26.8 Å². The summed E-state index contributed by atoms with van der Waals surface area (Å²) < 4.78 is 57.0. The van der Waals surface area contributed by atoms with Crippen molar-refractivity contribution < 1.29 is 171 Å². The van der Waals surface area contributed by atoms with Crippen LogP contribution in [0.1, 0.15) is 58.3 Å². The number of Topliss-reactive ketones (excluding diaryl/α,β-unsaturated/α-hetero) is 2. The number of carbonyl (C=O) groups is 3. The summed E-state index contributed by atoms with van der Waals surface area (Å²) >= 11 is 29.5. The number of ether oxygens (including phenoxy) is 3. The van der Waals surface area contributed by atoms with Crippen LogP contribution in [0.25, 0.3) is 0 Å². The summed E-state index contributed by atoms with van der Waals surface area (Å²) in [6.07, 6.45) is 0. The van der Waals surface area contributed by atoms with Crippen molar-refractivity contribution in [3.63, 3.8) is 0 Å². The average molecular weight is 1470 g/mol. The fourth-order valence-corrected chi connectivity index (χ4v) is 7.12. The molecule has 3 aromatic carbocycles. The third-order valence-corrected chi connectivity index (χ3v) is 12.2. The second kappa shape index (κ2) is 40.3. The van der Waals surface area contributed by atoms with E-state index in [1.165, 1.54) is 57.7 Å². The van der Waals surface area contributed by atoms with Crippen LogP contribution in [0.3, 0.4) is 0 Å². The predicted molar refractivity (Wildman–Crippen MR) is 295 cm³/mol. The van der Waals surface area contributed by atoms with Gasteiger partial charge in [0.2, 0.25) is 23.4 Å². The van der Waals surface area contributed by atoms with Gasteiger partial charge in [-0.05, 0) is 138 Å². The van der Waals surface area contributed by atoms with E-state index in [0.717, 1.165) is 16.6 Å². The molecule has 6 N–H and O–H groups in total. The smallest absolute Gasteiger partial charge is 1.00 e. The molecule has 1 aliphatic heterocycles. The van der Waals surface area contributed by atoms with E-state index in [2.05, 4.69) is 104 Å². The molecule has 20 nitrogen and oxygen atoms in total. The largest absolute Gasteiger partial charge is 1.00 e. The molecule has 0 radical (unpaired) electrons. The van der Waals surface area contributed by atoms with E-state index in [0.29, 0.717) is 60.6 Å². The number of ketones is 2. The van der Waals surface area contributed by atoms with Crippen LogP contribution in [0.2, 0.25) is 15.1 Å². The Hall–Kier alpha value is -2.90. The number of aromatic nitrogens is 3. The second-order valence-corrected chi connectivity index (χ2v) is 18.2. The Bertz CT molecular complexity index is 3090. The molecule has 0 saturated carbocycles. The maximum Gasteiger partial charge on any atom is 1.00 e. The van der Waals surface area contributed by atoms with E-state index in [1.807, 2.05) is 0 Å². The van der Waals surface area contributed by atoms with E-state index in [9.17, 15) is 22.8 Å². The van der Waals surface area contributed by atoms with Crippen molar-refractivity contribution in [2.45, 2.75) is 13.5 Å². The zero-order valence-corrected chi connectivity index (χ0v) is 55.9. The van der Waals surface area contributed by atoms with E-state index < -0.39 is 29.8 Å². The topological polar surface area (TPSA) is 290 Å². The van der Waals surface area contributed by atoms with Gasteiger partial charge in [0.25, 0.3) is 6.47 Å². The molecular weight excluding hydrogens is 1430 g/mol. The van der Waals surface area contributed by atoms with Crippen LogP contribution in [0, 0.1) is 17.5 Å². The minimum absolute atomic E-state index is 0. The predicted octanol–water partition coefficient (Wildman–Crippen LogP) is 4.03. The van der Waals surface area contributed by atoms with Crippen molar-refractivity contribution in [1.82, 2.24) is 20.4 Å². The minimum atomic E-state index is -0.684. The van der Waals surface area contributed by atoms with Crippen LogP contribution in [0.5, 0.6) is 17.6 Å². The third kappa shape index (κ3) is 25.2. The van der Waals surface area contributed by atoms with E-state index in [1.54, 1.807) is 42.5 Å². The van der Waals surface area contributed by atoms with Crippen LogP contribution in [0.4, 0.5) is 13.2 Å². The van der Waals surface area contributed by atoms with Crippen molar-refractivity contribution in [3.05, 3.63) is 171 Å². The fourth-order valence-electron chi connectivity index (χ4n) is 5.29. The number of nitrogens with zero attached hydrogens (tertiary/aromatic N) is 6. The molecule has 79 heavy (non-hydrogen) atoms. The summed E-state index contributed by atoms with van der Waals surface area (Å²) in [5.41, 5.74) is 16.2. The molecule has 1 atom stereocenters. The van der Waals surface area contributed by atoms with Crippen molar-refractivity contribution in [3.8, 4) is 17.6 Å². The molecule has 0 spiro atoms. The Morgan fingerprint density at radius 1 is 0.759 bits per heavy atom. The number of pyridine rings is 3. The molecule has 0 fully saturated rings. The van der Waals surface area contributed by atoms with Gasteiger partial charge < -0.3 is 47.3 Å². The normalized spacial score (nSPS) is 12.1. The monoisotopic (exact) mass is 1460 g/mol. The first-order chi connectivity index (χ1) is 36.2. The summed E-state index contributed by atoms with van der Waals surface area (Å²) in [6.45, 7) is -0.312. The molecule has 32 heteroatoms. The van der Waals surface area contributed by atoms with Gasteiger partial charge in [-0.2, -0.15) is 0 Å². The molecule has 7 rings (SSSR count). The van der Waals surface area contributed by atoms with E-state index in [-0.39, 0.29) is 174 Å². The molecule has 0 amide bonds. The Morgan fingerprint density at radius 3 is 1.65 bits per heavy atom. The van der Waals surface area contributed by atoms with Crippen molar-refractivity contribution in [1.29, 1.82) is 0 Å². The number of hydrogen-bond donors (Lipinski definition) is 4. The Balaban J connectivity index is 0. The van der Waals surface area contributed by atoms with Crippen molar-refractivity contribution in [2.75, 3.05) is 39.9 Å². The van der Waals surface area contributed by atoms with Crippen LogP contribution < -0.4 is 139 Å². The zero-order valence-electron chi connectivity index (χ0n) is 42.1. The number of benzene rings is 3. The quantitative estimate of drug-likeness (QED) is 0.0138. The summed E-state index contributed by atoms with van der Waals surface area (Å²) in [5.74, 6) is -0.838. The maximum absolute atomic E-state index is 13.6. The number of carbonyl (C=O) groups excluding carboxylic acids is 3. The number of nitrogens with one attached hydrogen (secondary N) is 1. The van der Waals surface area contributed by atoms with E-state index >= 15 is 0 Å². The van der Waals surface area contributed by atoms with Crippen LogP contribution in [0.15, 0.2) is 120 Å². The first-order valence-electron chi connectivity index (χ1n) is 20.5. The van der Waals surface area contributed by atoms with Crippen LogP contribution >= 0.6 is 98.5 Å². The Morgan fingerprint density at radius 2 is 1.20 bits per heavy atom. The van der Waals surface area contributed by atoms with Crippen molar-refractivity contribution >= 4 is 134 Å². The summed E-state index contributed by atoms with van der Waals surface area (Å²) in [7, 11) is 4.48. The molecular formula is C47H43Br4Cl3F3K2N9O11. The van der Waals surface area contributed by atoms with Gasteiger partial charge >= 0.3 is 103 Å². The average Bonchev–Trinajstić information content (AvgIpc) is 3.43. The summed E-state index contributed by atoms with van der Waals surface area (Å²) in [6, 6.07) is 22.1. The van der Waals surface area contributed by atoms with Gasteiger partial charge in [0.15, 0.2) is 29.9 Å². The number of rotatable bonds is 14. The first kappa shape index (κ1) is 76.1. The summed E-state index contributed by atoms with van der Waals surface area (Å²) in [5, 5.41) is 23.5. The molecule has 6 aromatic rings. The molecule has 0 saturated heterocycles. The standard InChI is InChI=1S/C15H12BrClFN3O3.C15H12BrClFN3O2.C8H5BrClFO.C7H8BrN3O2.CH2O3.CH4.2K.H/c1-23-15-9(16)3-5-12(20-15)14(19)21-24-7-13(22)8-2-4-10(17)11(18)6-8;1-22-15-9(16)3-5-12(20-15)14-19-13(7-23-21-14)8-2-4-10(17)11(18)6-8;9-4-8(12)5-1-2-6(10)7(11)3-5;1-13-7-4(8)2-3-5(10-7)6(9)11-12;2-1-4-3;;;;/h2-6H,7H2,1H3,(H2,19,21);2-6,13H,7H2,1H3,(H,19,21);1-3H,4H2;2-3,12H,1H3,(H2,9,11);1,3H;1H4;;;/q;;;;;;2*+1;-1/p-1. The number of aliphatic imine (C=N–C) groups is 1. The minimum Gasteiger partial charge on any atom is -1.00 e. The Kier molecular flexibility index (Phi) is 38.9. The number of nitrogens with two attached hydrogens (primary N) is 2. The second-order valence-electron chi connectivity index (χ2n) is 13.8. The molecule has 1 unspecified atom stereocenters. The van der Waals surface area contributed by atoms with Gasteiger partial charge in [-0.1, -0.05) is 74.5 Å². The third-order valence-electron chi connectivity index (χ3n) is 8.92.